The molecule has 0 radical (unpaired) electrons. The van der Waals surface area contributed by atoms with E-state index in [9.17, 15) is 19.5 Å². The summed E-state index contributed by atoms with van der Waals surface area (Å²) in [6, 6.07) is 7.16. The van der Waals surface area contributed by atoms with Crippen LogP contribution in [0.25, 0.3) is 11.0 Å². The number of anilines is 1. The Morgan fingerprint density at radius 3 is 2.36 bits per heavy atom. The Bertz CT molecular complexity index is 1040. The van der Waals surface area contributed by atoms with Crippen LogP contribution in [-0.4, -0.2) is 48.8 Å². The number of carbonyl (C=O) groups is 2. The van der Waals surface area contributed by atoms with Crippen LogP contribution in [0.4, 0.5) is 5.69 Å². The molecule has 8 heteroatoms. The van der Waals surface area contributed by atoms with Crippen LogP contribution in [0, 0.1) is 5.41 Å². The lowest BCUT2D eigenvalue weighted by Gasteiger charge is -2.27. The van der Waals surface area contributed by atoms with Crippen molar-refractivity contribution in [3.8, 4) is 0 Å². The van der Waals surface area contributed by atoms with E-state index in [0.717, 1.165) is 18.8 Å². The summed E-state index contributed by atoms with van der Waals surface area (Å²) in [5, 5.41) is 12.6. The zero-order valence-corrected chi connectivity index (χ0v) is 20.5. The van der Waals surface area contributed by atoms with E-state index in [0.29, 0.717) is 37.0 Å². The minimum Gasteiger partial charge on any atom is -0.481 e. The van der Waals surface area contributed by atoms with Crippen LogP contribution < -0.4 is 15.8 Å². The highest BCUT2D eigenvalue weighted by Gasteiger charge is 2.28. The molecule has 1 aromatic heterocycles. The van der Waals surface area contributed by atoms with Gasteiger partial charge in [0, 0.05) is 43.4 Å². The molecule has 0 aliphatic carbocycles. The number of fused-ring (bicyclic) bond motifs is 1. The van der Waals surface area contributed by atoms with Crippen molar-refractivity contribution in [2.24, 2.45) is 5.41 Å². The Morgan fingerprint density at radius 1 is 1.09 bits per heavy atom. The molecule has 0 saturated heterocycles. The van der Waals surface area contributed by atoms with Crippen LogP contribution in [-0.2, 0) is 9.53 Å². The van der Waals surface area contributed by atoms with Gasteiger partial charge in [0.15, 0.2) is 0 Å². The van der Waals surface area contributed by atoms with Crippen LogP contribution in [0.15, 0.2) is 33.5 Å². The van der Waals surface area contributed by atoms with Crippen LogP contribution >= 0.6 is 0 Å². The van der Waals surface area contributed by atoms with Gasteiger partial charge in [0.05, 0.1) is 11.0 Å². The van der Waals surface area contributed by atoms with Gasteiger partial charge in [0.25, 0.3) is 5.91 Å². The van der Waals surface area contributed by atoms with Gasteiger partial charge in [-0.05, 0) is 72.6 Å². The molecule has 2 N–H and O–H groups in total. The van der Waals surface area contributed by atoms with Crippen LogP contribution in [0.2, 0.25) is 0 Å². The number of amides is 1. The largest absolute Gasteiger partial charge is 0.481 e. The first-order valence-electron chi connectivity index (χ1n) is 11.4. The topological polar surface area (TPSA) is 109 Å². The molecule has 0 atom stereocenters. The predicted molar refractivity (Wildman–Crippen MR) is 129 cm³/mol. The van der Waals surface area contributed by atoms with E-state index >= 15 is 0 Å². The number of nitrogens with one attached hydrogen (secondary N) is 1. The number of ether oxygens (including phenoxy) is 1. The SMILES string of the molecule is CCN(CC)c1ccc2cc(C(=O)NCCC(C)(C)OCCC(C)(C)C(=O)O)c(=O)oc2c1. The average molecular weight is 461 g/mol. The van der Waals surface area contributed by atoms with Crippen molar-refractivity contribution in [3.05, 3.63) is 40.2 Å². The van der Waals surface area contributed by atoms with Gasteiger partial charge in [0.2, 0.25) is 0 Å². The number of carboxylic acids is 1. The molecule has 182 valence electrons. The fourth-order valence-corrected chi connectivity index (χ4v) is 3.38. The minimum absolute atomic E-state index is 0.0416. The van der Waals surface area contributed by atoms with E-state index in [-0.39, 0.29) is 5.56 Å². The Hall–Kier alpha value is -2.87. The predicted octanol–water partition coefficient (Wildman–Crippen LogP) is 4.06. The number of aliphatic carboxylic acids is 1. The molecular formula is C25H36N2O6. The quantitative estimate of drug-likeness (QED) is 0.460. The van der Waals surface area contributed by atoms with Crippen molar-refractivity contribution >= 4 is 28.5 Å². The Kier molecular flexibility index (Phi) is 8.66. The maximum absolute atomic E-state index is 12.6. The molecule has 0 fully saturated rings. The number of hydrogen-bond donors (Lipinski definition) is 2. The Morgan fingerprint density at radius 2 is 1.76 bits per heavy atom. The maximum Gasteiger partial charge on any atom is 0.349 e. The molecule has 0 aliphatic rings. The highest BCUT2D eigenvalue weighted by atomic mass is 16.5. The summed E-state index contributed by atoms with van der Waals surface area (Å²) in [6.07, 6.45) is 0.880. The molecule has 0 spiro atoms. The molecule has 2 rings (SSSR count). The fourth-order valence-electron chi connectivity index (χ4n) is 3.38. The van der Waals surface area contributed by atoms with Crippen molar-refractivity contribution in [2.75, 3.05) is 31.1 Å². The van der Waals surface area contributed by atoms with Crippen molar-refractivity contribution in [1.82, 2.24) is 5.32 Å². The highest BCUT2D eigenvalue weighted by Crippen LogP contribution is 2.24. The zero-order chi connectivity index (χ0) is 24.8. The van der Waals surface area contributed by atoms with Gasteiger partial charge in [-0.3, -0.25) is 9.59 Å². The van der Waals surface area contributed by atoms with Gasteiger partial charge in [-0.1, -0.05) is 0 Å². The van der Waals surface area contributed by atoms with Crippen LogP contribution in [0.1, 0.15) is 64.7 Å². The number of carbonyl (C=O) groups excluding carboxylic acids is 1. The normalized spacial score (nSPS) is 12.1. The summed E-state index contributed by atoms with van der Waals surface area (Å²) in [5.41, 5.74) is -0.734. The van der Waals surface area contributed by atoms with Crippen molar-refractivity contribution in [3.63, 3.8) is 0 Å². The maximum atomic E-state index is 12.6. The van der Waals surface area contributed by atoms with E-state index in [2.05, 4.69) is 24.1 Å². The molecule has 1 heterocycles. The lowest BCUT2D eigenvalue weighted by molar-refractivity contribution is -0.149. The summed E-state index contributed by atoms with van der Waals surface area (Å²) in [7, 11) is 0. The second-order valence-electron chi connectivity index (χ2n) is 9.40. The molecule has 0 aliphatic heterocycles. The number of rotatable bonds is 12. The first-order valence-corrected chi connectivity index (χ1v) is 11.4. The molecule has 8 nitrogen and oxygen atoms in total. The van der Waals surface area contributed by atoms with Crippen molar-refractivity contribution in [1.29, 1.82) is 0 Å². The summed E-state index contributed by atoms with van der Waals surface area (Å²) >= 11 is 0. The third-order valence-electron chi connectivity index (χ3n) is 5.90. The Labute approximate surface area is 194 Å². The van der Waals surface area contributed by atoms with Crippen LogP contribution in [0.3, 0.4) is 0 Å². The minimum atomic E-state index is -0.866. The van der Waals surface area contributed by atoms with Gasteiger partial charge in [-0.15, -0.1) is 0 Å². The third kappa shape index (κ3) is 7.05. The second kappa shape index (κ2) is 10.8. The lowest BCUT2D eigenvalue weighted by Crippen LogP contribution is -2.35. The first kappa shape index (κ1) is 26.4. The van der Waals surface area contributed by atoms with E-state index in [1.54, 1.807) is 19.9 Å². The summed E-state index contributed by atoms with van der Waals surface area (Å²) in [4.78, 5) is 38.4. The number of nitrogens with zero attached hydrogens (tertiary/aromatic N) is 1. The average Bonchev–Trinajstić information content (AvgIpc) is 2.73. The van der Waals surface area contributed by atoms with Gasteiger partial charge < -0.3 is 24.5 Å². The van der Waals surface area contributed by atoms with Crippen molar-refractivity contribution in [2.45, 2.75) is 60.0 Å². The number of benzene rings is 1. The van der Waals surface area contributed by atoms with Gasteiger partial charge in [-0.2, -0.15) is 0 Å². The van der Waals surface area contributed by atoms with E-state index < -0.39 is 28.5 Å². The molecule has 0 bridgehead atoms. The van der Waals surface area contributed by atoms with Gasteiger partial charge >= 0.3 is 11.6 Å². The second-order valence-corrected chi connectivity index (χ2v) is 9.40. The number of carboxylic acid groups (broad SMARTS) is 1. The highest BCUT2D eigenvalue weighted by molar-refractivity contribution is 5.97. The molecule has 0 saturated carbocycles. The number of hydrogen-bond acceptors (Lipinski definition) is 6. The molecule has 2 aromatic rings. The molecule has 0 unspecified atom stereocenters. The first-order chi connectivity index (χ1) is 15.4. The standard InChI is InChI=1S/C25H36N2O6/c1-7-27(8-2)18-10-9-17-15-19(22(29)33-20(17)16-18)21(28)26-13-11-25(5,6)32-14-12-24(3,4)23(30)31/h9-10,15-16H,7-8,11-14H2,1-6H3,(H,26,28)(H,30,31). The zero-order valence-electron chi connectivity index (χ0n) is 20.5. The smallest absolute Gasteiger partial charge is 0.349 e. The van der Waals surface area contributed by atoms with Crippen LogP contribution in [0.5, 0.6) is 0 Å². The molecular weight excluding hydrogens is 424 g/mol. The Balaban J connectivity index is 1.98. The molecule has 1 amide bonds. The van der Waals surface area contributed by atoms with E-state index in [4.69, 9.17) is 9.15 Å². The fraction of sp³-hybridized carbons (Fsp3) is 0.560. The van der Waals surface area contributed by atoms with Crippen molar-refractivity contribution < 1.29 is 23.8 Å². The van der Waals surface area contributed by atoms with E-state index in [1.165, 1.54) is 0 Å². The molecule has 1 aromatic carbocycles. The lowest BCUT2D eigenvalue weighted by atomic mass is 9.90. The van der Waals surface area contributed by atoms with Gasteiger partial charge in [0.1, 0.15) is 11.1 Å². The summed E-state index contributed by atoms with van der Waals surface area (Å²) in [5.74, 6) is -1.36. The van der Waals surface area contributed by atoms with Gasteiger partial charge in [-0.25, -0.2) is 4.79 Å². The monoisotopic (exact) mass is 460 g/mol. The third-order valence-corrected chi connectivity index (χ3v) is 5.90. The molecule has 33 heavy (non-hydrogen) atoms. The summed E-state index contributed by atoms with van der Waals surface area (Å²) < 4.78 is 11.3. The van der Waals surface area contributed by atoms with E-state index in [1.807, 2.05) is 32.0 Å². The summed E-state index contributed by atoms with van der Waals surface area (Å²) in [6.45, 7) is 13.5.